The van der Waals surface area contributed by atoms with E-state index in [0.29, 0.717) is 12.8 Å². The summed E-state index contributed by atoms with van der Waals surface area (Å²) in [5, 5.41) is 12.7. The van der Waals surface area contributed by atoms with Gasteiger partial charge in [-0.15, -0.1) is 0 Å². The van der Waals surface area contributed by atoms with Crippen LogP contribution in [0.1, 0.15) is 98.4 Å². The maximum atomic E-state index is 13.8. The van der Waals surface area contributed by atoms with Crippen molar-refractivity contribution in [2.45, 2.75) is 129 Å². The summed E-state index contributed by atoms with van der Waals surface area (Å²) >= 11 is 0. The van der Waals surface area contributed by atoms with Gasteiger partial charge in [-0.25, -0.2) is 4.79 Å². The normalized spacial score (nSPS) is 34.5. The molecule has 2 saturated carbocycles. The Labute approximate surface area is 282 Å². The summed E-state index contributed by atoms with van der Waals surface area (Å²) in [4.78, 5) is 66.4. The smallest absolute Gasteiger partial charge is 0.338 e. The van der Waals surface area contributed by atoms with Gasteiger partial charge >= 0.3 is 29.8 Å². The fourth-order valence-corrected chi connectivity index (χ4v) is 7.83. The van der Waals surface area contributed by atoms with Gasteiger partial charge in [-0.2, -0.15) is 0 Å². The van der Waals surface area contributed by atoms with Crippen molar-refractivity contribution in [1.82, 2.24) is 0 Å². The van der Waals surface area contributed by atoms with E-state index in [4.69, 9.17) is 28.4 Å². The number of hydrogen-bond donors (Lipinski definition) is 1. The van der Waals surface area contributed by atoms with E-state index < -0.39 is 101 Å². The fraction of sp³-hybridized carbons (Fsp3) is 0.694. The standard InChI is InChI=1S/C36H50O12/c1-10-20(3)30(39)45-26-18-34(9,42)36-28(44-23(6)38)25(33(7,8)48-36)17-27(46-32(41)24-15-13-12-14-16-24)35(36,19-43-22(5)37)29(26)47-31(40)21(4)11-2/h12-16,20-21,25-29,42H,10-11,17-19H2,1-9H3/t20-,21+,25+,26+,27-,28+,29-,34-,35+,36-/m0/s1. The minimum atomic E-state index is -2.01. The van der Waals surface area contributed by atoms with Crippen LogP contribution in [0.2, 0.25) is 0 Å². The van der Waals surface area contributed by atoms with E-state index in [1.165, 1.54) is 20.8 Å². The first-order chi connectivity index (χ1) is 22.4. The number of ether oxygens (including phenoxy) is 6. The van der Waals surface area contributed by atoms with Crippen LogP contribution in [-0.4, -0.2) is 82.8 Å². The lowest BCUT2D eigenvalue weighted by molar-refractivity contribution is -0.356. The number of benzene rings is 1. The molecule has 2 bridgehead atoms. The van der Waals surface area contributed by atoms with Crippen molar-refractivity contribution in [3.8, 4) is 0 Å². The van der Waals surface area contributed by atoms with E-state index >= 15 is 0 Å². The Balaban J connectivity index is 2.07. The van der Waals surface area contributed by atoms with E-state index in [1.54, 1.807) is 58.0 Å². The highest BCUT2D eigenvalue weighted by atomic mass is 16.6. The van der Waals surface area contributed by atoms with Gasteiger partial charge in [-0.05, 0) is 52.2 Å². The summed E-state index contributed by atoms with van der Waals surface area (Å²) in [5.41, 5.74) is -6.85. The maximum Gasteiger partial charge on any atom is 0.338 e. The molecule has 1 heterocycles. The van der Waals surface area contributed by atoms with E-state index in [9.17, 15) is 29.1 Å². The molecule has 3 fully saturated rings. The number of carbonyl (C=O) groups excluding carboxylic acids is 5. The topological polar surface area (TPSA) is 161 Å². The fourth-order valence-electron chi connectivity index (χ4n) is 7.83. The van der Waals surface area contributed by atoms with Gasteiger partial charge in [0.1, 0.15) is 30.3 Å². The number of rotatable bonds is 11. The highest BCUT2D eigenvalue weighted by Gasteiger charge is 2.86. The number of aliphatic hydroxyl groups is 1. The Bertz CT molecular complexity index is 1390. The number of esters is 5. The Hall–Kier alpha value is -3.51. The van der Waals surface area contributed by atoms with Gasteiger partial charge in [0, 0.05) is 26.2 Å². The molecule has 12 heteroatoms. The zero-order chi connectivity index (χ0) is 35.8. The maximum absolute atomic E-state index is 13.8. The molecule has 1 aliphatic heterocycles. The third-order valence-electron chi connectivity index (χ3n) is 10.7. The molecule has 1 aromatic rings. The van der Waals surface area contributed by atoms with Gasteiger partial charge in [0.05, 0.1) is 28.6 Å². The molecular formula is C36H50O12. The van der Waals surface area contributed by atoms with Crippen LogP contribution in [0, 0.1) is 23.2 Å². The minimum absolute atomic E-state index is 0.00791. The molecule has 1 aromatic carbocycles. The SMILES string of the molecule is CC[C@@H](C)C(=O)O[C@H]1[C@H](OC(=O)[C@@H](C)CC)C[C@](C)(O)[C@]23OC(C)(C)[C@H](C[C@H](OC(=O)c4ccccc4)[C@]12COC(C)=O)[C@H]3OC(C)=O. The second-order valence-corrected chi connectivity index (χ2v) is 14.3. The first-order valence-electron chi connectivity index (χ1n) is 16.8. The van der Waals surface area contributed by atoms with Crippen molar-refractivity contribution in [2.75, 3.05) is 6.61 Å². The molecule has 1 N–H and O–H groups in total. The summed E-state index contributed by atoms with van der Waals surface area (Å²) in [6.07, 6.45) is -4.71. The van der Waals surface area contributed by atoms with E-state index in [0.717, 1.165) is 0 Å². The van der Waals surface area contributed by atoms with Crippen molar-refractivity contribution < 1.29 is 57.5 Å². The van der Waals surface area contributed by atoms with Crippen LogP contribution in [0.3, 0.4) is 0 Å². The number of carbonyl (C=O) groups is 5. The zero-order valence-electron chi connectivity index (χ0n) is 29.4. The molecule has 12 nitrogen and oxygen atoms in total. The molecule has 48 heavy (non-hydrogen) atoms. The first-order valence-corrected chi connectivity index (χ1v) is 16.8. The second-order valence-electron chi connectivity index (χ2n) is 14.3. The molecule has 266 valence electrons. The monoisotopic (exact) mass is 674 g/mol. The highest BCUT2D eigenvalue weighted by molar-refractivity contribution is 5.89. The molecule has 10 atom stereocenters. The average Bonchev–Trinajstić information content (AvgIpc) is 3.19. The number of hydrogen-bond acceptors (Lipinski definition) is 12. The molecule has 1 spiro atoms. The van der Waals surface area contributed by atoms with E-state index in [-0.39, 0.29) is 18.4 Å². The van der Waals surface area contributed by atoms with Gasteiger partial charge < -0.3 is 33.5 Å². The van der Waals surface area contributed by atoms with Crippen LogP contribution in [0.4, 0.5) is 0 Å². The van der Waals surface area contributed by atoms with Crippen molar-refractivity contribution in [3.05, 3.63) is 35.9 Å². The number of fused-ring (bicyclic) bond motifs is 1. The van der Waals surface area contributed by atoms with Crippen LogP contribution in [0.25, 0.3) is 0 Å². The van der Waals surface area contributed by atoms with Crippen LogP contribution in [0.15, 0.2) is 30.3 Å². The predicted octanol–water partition coefficient (Wildman–Crippen LogP) is 4.33. The molecule has 2 aliphatic carbocycles. The molecule has 1 saturated heterocycles. The van der Waals surface area contributed by atoms with Gasteiger partial charge in [0.15, 0.2) is 11.7 Å². The quantitative estimate of drug-likeness (QED) is 0.262. The third kappa shape index (κ3) is 6.33. The molecule has 0 amide bonds. The lowest BCUT2D eigenvalue weighted by atomic mass is 9.46. The third-order valence-corrected chi connectivity index (χ3v) is 10.7. The first kappa shape index (κ1) is 37.3. The Morgan fingerprint density at radius 1 is 0.854 bits per heavy atom. The largest absolute Gasteiger partial charge is 0.465 e. The van der Waals surface area contributed by atoms with Crippen LogP contribution >= 0.6 is 0 Å². The van der Waals surface area contributed by atoms with Crippen LogP contribution in [-0.2, 0) is 47.6 Å². The van der Waals surface area contributed by atoms with Gasteiger partial charge in [0.25, 0.3) is 0 Å². The van der Waals surface area contributed by atoms with Gasteiger partial charge in [-0.3, -0.25) is 19.2 Å². The summed E-state index contributed by atoms with van der Waals surface area (Å²) in [6, 6.07) is 8.24. The van der Waals surface area contributed by atoms with Gasteiger partial charge in [0.2, 0.25) is 0 Å². The van der Waals surface area contributed by atoms with E-state index in [1.807, 2.05) is 13.8 Å². The summed E-state index contributed by atoms with van der Waals surface area (Å²) in [7, 11) is 0. The lowest BCUT2D eigenvalue weighted by Gasteiger charge is -2.65. The predicted molar refractivity (Wildman–Crippen MR) is 170 cm³/mol. The van der Waals surface area contributed by atoms with Crippen LogP contribution in [0.5, 0.6) is 0 Å². The minimum Gasteiger partial charge on any atom is -0.465 e. The molecule has 3 aliphatic rings. The van der Waals surface area contributed by atoms with Crippen molar-refractivity contribution in [1.29, 1.82) is 0 Å². The summed E-state index contributed by atoms with van der Waals surface area (Å²) < 4.78 is 37.4. The van der Waals surface area contributed by atoms with Crippen molar-refractivity contribution >= 4 is 29.8 Å². The Kier molecular flexibility index (Phi) is 10.7. The van der Waals surface area contributed by atoms with Gasteiger partial charge in [-0.1, -0.05) is 45.9 Å². The van der Waals surface area contributed by atoms with E-state index in [2.05, 4.69) is 0 Å². The molecular weight excluding hydrogens is 624 g/mol. The van der Waals surface area contributed by atoms with Crippen LogP contribution < -0.4 is 0 Å². The molecule has 0 unspecified atom stereocenters. The highest BCUT2D eigenvalue weighted by Crippen LogP contribution is 2.69. The van der Waals surface area contributed by atoms with Crippen molar-refractivity contribution in [2.24, 2.45) is 23.2 Å². The Morgan fingerprint density at radius 2 is 1.44 bits per heavy atom. The molecule has 0 radical (unpaired) electrons. The Morgan fingerprint density at radius 3 is 1.98 bits per heavy atom. The summed E-state index contributed by atoms with van der Waals surface area (Å²) in [6.45, 7) is 13.8. The second kappa shape index (κ2) is 13.8. The average molecular weight is 675 g/mol. The van der Waals surface area contributed by atoms with Crippen molar-refractivity contribution in [3.63, 3.8) is 0 Å². The molecule has 4 rings (SSSR count). The summed E-state index contributed by atoms with van der Waals surface area (Å²) in [5.74, 6) is -5.16. The molecule has 0 aromatic heterocycles. The lowest BCUT2D eigenvalue weighted by Crippen LogP contribution is -2.83. The zero-order valence-corrected chi connectivity index (χ0v) is 29.4.